The van der Waals surface area contributed by atoms with E-state index in [9.17, 15) is 9.59 Å². The predicted molar refractivity (Wildman–Crippen MR) is 118 cm³/mol. The summed E-state index contributed by atoms with van der Waals surface area (Å²) in [6, 6.07) is 10.8. The van der Waals surface area contributed by atoms with Gasteiger partial charge < -0.3 is 4.90 Å². The highest BCUT2D eigenvalue weighted by Crippen LogP contribution is 2.36. The average Bonchev–Trinajstić information content (AvgIpc) is 2.68. The van der Waals surface area contributed by atoms with Crippen molar-refractivity contribution in [1.29, 1.82) is 0 Å². The molecule has 0 N–H and O–H groups in total. The highest BCUT2D eigenvalue weighted by Gasteiger charge is 2.25. The van der Waals surface area contributed by atoms with E-state index in [2.05, 4.69) is 0 Å². The molecule has 6 heteroatoms. The minimum Gasteiger partial charge on any atom is -0.308 e. The number of amides is 1. The molecule has 3 aromatic rings. The highest BCUT2D eigenvalue weighted by molar-refractivity contribution is 6.30. The summed E-state index contributed by atoms with van der Waals surface area (Å²) < 4.78 is 1.65. The van der Waals surface area contributed by atoms with Gasteiger partial charge in [0, 0.05) is 30.0 Å². The minimum absolute atomic E-state index is 0.0235. The summed E-state index contributed by atoms with van der Waals surface area (Å²) in [7, 11) is 0. The van der Waals surface area contributed by atoms with Crippen molar-refractivity contribution in [2.75, 3.05) is 11.4 Å². The molecule has 4 rings (SSSR count). The van der Waals surface area contributed by atoms with Crippen LogP contribution in [0.3, 0.4) is 0 Å². The van der Waals surface area contributed by atoms with E-state index >= 15 is 0 Å². The molecule has 0 fully saturated rings. The highest BCUT2D eigenvalue weighted by atomic mass is 35.5. The summed E-state index contributed by atoms with van der Waals surface area (Å²) >= 11 is 6.03. The van der Waals surface area contributed by atoms with Crippen LogP contribution in [0.4, 0.5) is 5.69 Å². The molecule has 1 aliphatic heterocycles. The zero-order chi connectivity index (χ0) is 20.9. The van der Waals surface area contributed by atoms with E-state index in [1.54, 1.807) is 34.6 Å². The van der Waals surface area contributed by atoms with Gasteiger partial charge in [-0.2, -0.15) is 0 Å². The molecule has 1 aromatic heterocycles. The largest absolute Gasteiger partial charge is 0.308 e. The Bertz CT molecular complexity index is 1220. The number of hydrogen-bond acceptors (Lipinski definition) is 3. The SMILES string of the molecule is CC(=O)N1CC=C(C)c2c1ccc1c(=O)n(-c3ccc(Cl)cc3)c(C(C)C)nc21. The van der Waals surface area contributed by atoms with Gasteiger partial charge in [0.05, 0.1) is 22.3 Å². The Balaban J connectivity index is 2.09. The molecule has 1 amide bonds. The van der Waals surface area contributed by atoms with E-state index in [0.29, 0.717) is 28.3 Å². The summed E-state index contributed by atoms with van der Waals surface area (Å²) in [4.78, 5) is 32.3. The molecule has 5 nitrogen and oxygen atoms in total. The quantitative estimate of drug-likeness (QED) is 0.605. The van der Waals surface area contributed by atoms with Gasteiger partial charge in [0.1, 0.15) is 5.82 Å². The summed E-state index contributed by atoms with van der Waals surface area (Å²) in [6.45, 7) is 8.10. The lowest BCUT2D eigenvalue weighted by molar-refractivity contribution is -0.116. The number of anilines is 1. The van der Waals surface area contributed by atoms with Crippen LogP contribution in [0, 0.1) is 0 Å². The third-order valence-corrected chi connectivity index (χ3v) is 5.54. The number of carbonyl (C=O) groups is 1. The molecule has 2 aromatic carbocycles. The first-order valence-corrected chi connectivity index (χ1v) is 9.98. The van der Waals surface area contributed by atoms with Crippen LogP contribution in [0.5, 0.6) is 0 Å². The fourth-order valence-corrected chi connectivity index (χ4v) is 3.95. The molecular formula is C23H22ClN3O2. The van der Waals surface area contributed by atoms with Crippen molar-refractivity contribution in [3.63, 3.8) is 0 Å². The van der Waals surface area contributed by atoms with Gasteiger partial charge in [0.2, 0.25) is 5.91 Å². The van der Waals surface area contributed by atoms with E-state index in [1.165, 1.54) is 0 Å². The number of halogens is 1. The van der Waals surface area contributed by atoms with Crippen LogP contribution in [0.2, 0.25) is 5.02 Å². The Morgan fingerprint density at radius 3 is 2.45 bits per heavy atom. The van der Waals surface area contributed by atoms with Gasteiger partial charge in [0.25, 0.3) is 5.56 Å². The molecular weight excluding hydrogens is 386 g/mol. The second-order valence-corrected chi connectivity index (χ2v) is 8.05. The Morgan fingerprint density at radius 1 is 1.14 bits per heavy atom. The first-order valence-electron chi connectivity index (χ1n) is 9.60. The van der Waals surface area contributed by atoms with Crippen LogP contribution < -0.4 is 10.5 Å². The van der Waals surface area contributed by atoms with Crippen molar-refractivity contribution >= 4 is 39.7 Å². The third-order valence-electron chi connectivity index (χ3n) is 5.29. The van der Waals surface area contributed by atoms with Crippen LogP contribution in [-0.4, -0.2) is 22.0 Å². The number of allylic oxidation sites excluding steroid dienone is 1. The molecule has 0 bridgehead atoms. The van der Waals surface area contributed by atoms with Crippen LogP contribution in [-0.2, 0) is 4.79 Å². The summed E-state index contributed by atoms with van der Waals surface area (Å²) in [5.74, 6) is 0.661. The number of nitrogens with zero attached hydrogens (tertiary/aromatic N) is 3. The van der Waals surface area contributed by atoms with E-state index in [1.807, 2.05) is 45.0 Å². The lowest BCUT2D eigenvalue weighted by Crippen LogP contribution is -2.32. The molecule has 0 aliphatic carbocycles. The normalized spacial score (nSPS) is 13.6. The van der Waals surface area contributed by atoms with E-state index in [4.69, 9.17) is 16.6 Å². The Morgan fingerprint density at radius 2 is 1.83 bits per heavy atom. The maximum Gasteiger partial charge on any atom is 0.266 e. The minimum atomic E-state index is -0.128. The number of fused-ring (bicyclic) bond motifs is 3. The number of rotatable bonds is 2. The van der Waals surface area contributed by atoms with Gasteiger partial charge in [-0.05, 0) is 48.9 Å². The smallest absolute Gasteiger partial charge is 0.266 e. The zero-order valence-electron chi connectivity index (χ0n) is 16.9. The van der Waals surface area contributed by atoms with E-state index in [0.717, 1.165) is 22.5 Å². The Kier molecular flexibility index (Phi) is 4.79. The first-order chi connectivity index (χ1) is 13.8. The standard InChI is InChI=1S/C23H22ClN3O2/c1-13(2)22-25-21-18(23(29)27(22)17-7-5-16(24)6-8-17)9-10-19-20(21)14(3)11-12-26(19)15(4)28/h5-11,13H,12H2,1-4H3. The van der Waals surface area contributed by atoms with Gasteiger partial charge in [-0.1, -0.05) is 31.5 Å². The molecule has 0 spiro atoms. The molecule has 0 atom stereocenters. The second kappa shape index (κ2) is 7.16. The van der Waals surface area contributed by atoms with Crippen molar-refractivity contribution in [3.05, 3.63) is 69.2 Å². The van der Waals surface area contributed by atoms with Crippen LogP contribution in [0.25, 0.3) is 22.2 Å². The lowest BCUT2D eigenvalue weighted by Gasteiger charge is -2.28. The van der Waals surface area contributed by atoms with Crippen molar-refractivity contribution in [2.24, 2.45) is 0 Å². The molecule has 2 heterocycles. The molecule has 29 heavy (non-hydrogen) atoms. The third kappa shape index (κ3) is 3.15. The number of carbonyl (C=O) groups excluding carboxylic acids is 1. The topological polar surface area (TPSA) is 55.2 Å². The van der Waals surface area contributed by atoms with Crippen LogP contribution in [0.15, 0.2) is 47.3 Å². The van der Waals surface area contributed by atoms with Crippen molar-refractivity contribution in [2.45, 2.75) is 33.6 Å². The zero-order valence-corrected chi connectivity index (χ0v) is 17.6. The predicted octanol–water partition coefficient (Wildman–Crippen LogP) is 4.93. The maximum absolute atomic E-state index is 13.5. The van der Waals surface area contributed by atoms with E-state index < -0.39 is 0 Å². The first kappa shape index (κ1) is 19.4. The average molecular weight is 408 g/mol. The fourth-order valence-electron chi connectivity index (χ4n) is 3.83. The van der Waals surface area contributed by atoms with Gasteiger partial charge in [-0.25, -0.2) is 4.98 Å². The van der Waals surface area contributed by atoms with Crippen molar-refractivity contribution in [3.8, 4) is 5.69 Å². The second-order valence-electron chi connectivity index (χ2n) is 7.61. The summed E-state index contributed by atoms with van der Waals surface area (Å²) in [5, 5.41) is 1.14. The van der Waals surface area contributed by atoms with Gasteiger partial charge in [-0.3, -0.25) is 14.2 Å². The van der Waals surface area contributed by atoms with Gasteiger partial charge in [0.15, 0.2) is 0 Å². The molecule has 1 aliphatic rings. The Hall–Kier alpha value is -2.92. The van der Waals surface area contributed by atoms with E-state index in [-0.39, 0.29) is 17.4 Å². The molecule has 0 radical (unpaired) electrons. The maximum atomic E-state index is 13.5. The molecule has 0 saturated heterocycles. The number of hydrogen-bond donors (Lipinski definition) is 0. The van der Waals surface area contributed by atoms with Crippen molar-refractivity contribution < 1.29 is 4.79 Å². The number of aromatic nitrogens is 2. The lowest BCUT2D eigenvalue weighted by atomic mass is 9.96. The van der Waals surface area contributed by atoms with Gasteiger partial charge >= 0.3 is 0 Å². The Labute approximate surface area is 174 Å². The fraction of sp³-hybridized carbons (Fsp3) is 0.261. The van der Waals surface area contributed by atoms with Gasteiger partial charge in [-0.15, -0.1) is 0 Å². The summed E-state index contributed by atoms with van der Waals surface area (Å²) in [5.41, 5.74) is 3.92. The van der Waals surface area contributed by atoms with Crippen LogP contribution >= 0.6 is 11.6 Å². The molecule has 148 valence electrons. The monoisotopic (exact) mass is 407 g/mol. The summed E-state index contributed by atoms with van der Waals surface area (Å²) in [6.07, 6.45) is 2.00. The molecule has 0 saturated carbocycles. The molecule has 0 unspecified atom stereocenters. The van der Waals surface area contributed by atoms with Crippen LogP contribution in [0.1, 0.15) is 45.0 Å². The number of benzene rings is 2. The van der Waals surface area contributed by atoms with Crippen molar-refractivity contribution in [1.82, 2.24) is 9.55 Å².